The highest BCUT2D eigenvalue weighted by Gasteiger charge is 2.20. The molecule has 1 fully saturated rings. The minimum atomic E-state index is -0.436. The van der Waals surface area contributed by atoms with E-state index in [0.717, 1.165) is 35.5 Å². The average molecular weight is 311 g/mol. The third-order valence-electron chi connectivity index (χ3n) is 4.23. The molecule has 4 N–H and O–H groups in total. The summed E-state index contributed by atoms with van der Waals surface area (Å²) < 4.78 is 5.43. The van der Waals surface area contributed by atoms with Crippen molar-refractivity contribution in [3.63, 3.8) is 0 Å². The zero-order valence-electron chi connectivity index (χ0n) is 13.2. The molecule has 0 atom stereocenters. The van der Waals surface area contributed by atoms with E-state index in [4.69, 9.17) is 16.2 Å². The largest absolute Gasteiger partial charge is 0.398 e. The average Bonchev–Trinajstić information content (AvgIpc) is 2.57. The van der Waals surface area contributed by atoms with Crippen LogP contribution in [0.2, 0.25) is 0 Å². The van der Waals surface area contributed by atoms with Crippen LogP contribution >= 0.6 is 0 Å². The number of morpholine rings is 1. The Morgan fingerprint density at radius 3 is 2.57 bits per heavy atom. The van der Waals surface area contributed by atoms with Crippen LogP contribution in [-0.2, 0) is 4.74 Å². The highest BCUT2D eigenvalue weighted by Crippen LogP contribution is 2.36. The monoisotopic (exact) mass is 311 g/mol. The lowest BCUT2D eigenvalue weighted by atomic mass is 9.95. The van der Waals surface area contributed by atoms with Gasteiger partial charge < -0.3 is 21.1 Å². The molecule has 1 amide bonds. The molecule has 1 aliphatic rings. The number of rotatable bonds is 3. The number of nitrogens with two attached hydrogens (primary N) is 2. The van der Waals surface area contributed by atoms with Gasteiger partial charge in [0.25, 0.3) is 0 Å². The lowest BCUT2D eigenvalue weighted by Crippen LogP contribution is -2.36. The van der Waals surface area contributed by atoms with Crippen molar-refractivity contribution in [3.05, 3.63) is 47.5 Å². The molecule has 0 unspecified atom stereocenters. The van der Waals surface area contributed by atoms with E-state index < -0.39 is 5.91 Å². The van der Waals surface area contributed by atoms with Gasteiger partial charge in [-0.15, -0.1) is 0 Å². The van der Waals surface area contributed by atoms with Gasteiger partial charge in [-0.2, -0.15) is 0 Å². The molecule has 0 radical (unpaired) electrons. The fourth-order valence-electron chi connectivity index (χ4n) is 2.91. The zero-order chi connectivity index (χ0) is 16.4. The molecule has 2 aromatic rings. The molecule has 0 bridgehead atoms. The van der Waals surface area contributed by atoms with Crippen molar-refractivity contribution in [2.75, 3.05) is 36.9 Å². The van der Waals surface area contributed by atoms with Gasteiger partial charge in [0.1, 0.15) is 0 Å². The SMILES string of the molecule is Cc1ccc(-c2c(C(N)=O)cccc2N2CCOCC2)cc1N. The topological polar surface area (TPSA) is 81.6 Å². The number of anilines is 2. The van der Waals surface area contributed by atoms with E-state index in [9.17, 15) is 4.79 Å². The summed E-state index contributed by atoms with van der Waals surface area (Å²) in [7, 11) is 0. The van der Waals surface area contributed by atoms with E-state index in [1.807, 2.05) is 37.3 Å². The molecule has 0 saturated carbocycles. The minimum absolute atomic E-state index is 0.436. The molecule has 5 nitrogen and oxygen atoms in total. The van der Waals surface area contributed by atoms with Crippen molar-refractivity contribution < 1.29 is 9.53 Å². The Morgan fingerprint density at radius 2 is 1.91 bits per heavy atom. The summed E-state index contributed by atoms with van der Waals surface area (Å²) in [6.45, 7) is 4.89. The van der Waals surface area contributed by atoms with Crippen LogP contribution < -0.4 is 16.4 Å². The Labute approximate surface area is 135 Å². The van der Waals surface area contributed by atoms with Crippen LogP contribution in [0, 0.1) is 6.92 Å². The highest BCUT2D eigenvalue weighted by molar-refractivity contribution is 6.03. The van der Waals surface area contributed by atoms with E-state index in [2.05, 4.69) is 4.90 Å². The van der Waals surface area contributed by atoms with Gasteiger partial charge in [-0.05, 0) is 36.2 Å². The van der Waals surface area contributed by atoms with E-state index in [-0.39, 0.29) is 0 Å². The number of nitrogens with zero attached hydrogens (tertiary/aromatic N) is 1. The number of ether oxygens (including phenoxy) is 1. The Kier molecular flexibility index (Phi) is 4.21. The summed E-state index contributed by atoms with van der Waals surface area (Å²) >= 11 is 0. The number of benzene rings is 2. The molecule has 0 spiro atoms. The third-order valence-corrected chi connectivity index (χ3v) is 4.23. The molecule has 1 saturated heterocycles. The van der Waals surface area contributed by atoms with Gasteiger partial charge in [-0.3, -0.25) is 4.79 Å². The smallest absolute Gasteiger partial charge is 0.249 e. The first-order chi connectivity index (χ1) is 11.1. The molecule has 120 valence electrons. The number of carbonyl (C=O) groups is 1. The van der Waals surface area contributed by atoms with Crippen LogP contribution in [0.25, 0.3) is 11.1 Å². The molecule has 5 heteroatoms. The zero-order valence-corrected chi connectivity index (χ0v) is 13.2. The summed E-state index contributed by atoms with van der Waals surface area (Å²) in [6, 6.07) is 11.5. The number of aryl methyl sites for hydroxylation is 1. The predicted octanol–water partition coefficient (Wildman–Crippen LogP) is 2.18. The van der Waals surface area contributed by atoms with E-state index >= 15 is 0 Å². The van der Waals surface area contributed by atoms with Gasteiger partial charge in [0.05, 0.1) is 13.2 Å². The number of nitrogen functional groups attached to an aromatic ring is 1. The second kappa shape index (κ2) is 6.30. The Hall–Kier alpha value is -2.53. The first-order valence-corrected chi connectivity index (χ1v) is 7.70. The third kappa shape index (κ3) is 3.00. The van der Waals surface area contributed by atoms with E-state index in [0.29, 0.717) is 24.5 Å². The van der Waals surface area contributed by atoms with Crippen LogP contribution in [-0.4, -0.2) is 32.2 Å². The Balaban J connectivity index is 2.18. The van der Waals surface area contributed by atoms with Crippen LogP contribution in [0.5, 0.6) is 0 Å². The first kappa shape index (κ1) is 15.4. The van der Waals surface area contributed by atoms with Crippen LogP contribution in [0.3, 0.4) is 0 Å². The summed E-state index contributed by atoms with van der Waals surface area (Å²) in [5, 5.41) is 0. The molecule has 23 heavy (non-hydrogen) atoms. The van der Waals surface area contributed by atoms with Crippen molar-refractivity contribution in [3.8, 4) is 11.1 Å². The molecular formula is C18H21N3O2. The van der Waals surface area contributed by atoms with Crippen molar-refractivity contribution in [2.24, 2.45) is 5.73 Å². The summed E-state index contributed by atoms with van der Waals surface area (Å²) in [5.74, 6) is -0.436. The number of hydrogen-bond donors (Lipinski definition) is 2. The van der Waals surface area contributed by atoms with Gasteiger partial charge >= 0.3 is 0 Å². The summed E-state index contributed by atoms with van der Waals surface area (Å²) in [5.41, 5.74) is 16.6. The first-order valence-electron chi connectivity index (χ1n) is 7.70. The fraction of sp³-hybridized carbons (Fsp3) is 0.278. The Morgan fingerprint density at radius 1 is 1.17 bits per heavy atom. The number of primary amides is 1. The summed E-state index contributed by atoms with van der Waals surface area (Å²) in [6.07, 6.45) is 0. The predicted molar refractivity (Wildman–Crippen MR) is 92.6 cm³/mol. The van der Waals surface area contributed by atoms with Crippen molar-refractivity contribution in [2.45, 2.75) is 6.92 Å². The van der Waals surface area contributed by atoms with Gasteiger partial charge in [-0.1, -0.05) is 18.2 Å². The fourth-order valence-corrected chi connectivity index (χ4v) is 2.91. The molecule has 0 aromatic heterocycles. The number of amides is 1. The molecular weight excluding hydrogens is 290 g/mol. The lowest BCUT2D eigenvalue weighted by molar-refractivity contribution is 0.100. The maximum Gasteiger partial charge on any atom is 0.249 e. The minimum Gasteiger partial charge on any atom is -0.398 e. The second-order valence-corrected chi connectivity index (χ2v) is 5.73. The molecule has 3 rings (SSSR count). The van der Waals surface area contributed by atoms with Crippen LogP contribution in [0.15, 0.2) is 36.4 Å². The van der Waals surface area contributed by atoms with Gasteiger partial charge in [-0.25, -0.2) is 0 Å². The lowest BCUT2D eigenvalue weighted by Gasteiger charge is -2.31. The molecule has 1 aliphatic heterocycles. The quantitative estimate of drug-likeness (QED) is 0.851. The van der Waals surface area contributed by atoms with Crippen molar-refractivity contribution >= 4 is 17.3 Å². The molecule has 2 aromatic carbocycles. The molecule has 1 heterocycles. The standard InChI is InChI=1S/C18H21N3O2/c1-12-5-6-13(11-15(12)19)17-14(18(20)22)3-2-4-16(17)21-7-9-23-10-8-21/h2-6,11H,7-10,19H2,1H3,(H2,20,22). The number of carbonyl (C=O) groups excluding carboxylic acids is 1. The van der Waals surface area contributed by atoms with Crippen LogP contribution in [0.4, 0.5) is 11.4 Å². The normalized spacial score (nSPS) is 14.7. The van der Waals surface area contributed by atoms with Crippen molar-refractivity contribution in [1.82, 2.24) is 0 Å². The van der Waals surface area contributed by atoms with Crippen molar-refractivity contribution in [1.29, 1.82) is 0 Å². The van der Waals surface area contributed by atoms with Gasteiger partial charge in [0.15, 0.2) is 0 Å². The molecule has 0 aliphatic carbocycles. The maximum absolute atomic E-state index is 11.9. The summed E-state index contributed by atoms with van der Waals surface area (Å²) in [4.78, 5) is 14.2. The maximum atomic E-state index is 11.9. The van der Waals surface area contributed by atoms with Gasteiger partial charge in [0.2, 0.25) is 5.91 Å². The van der Waals surface area contributed by atoms with Crippen LogP contribution in [0.1, 0.15) is 15.9 Å². The Bertz CT molecular complexity index is 737. The van der Waals surface area contributed by atoms with E-state index in [1.54, 1.807) is 6.07 Å². The van der Waals surface area contributed by atoms with E-state index in [1.165, 1.54) is 0 Å². The van der Waals surface area contributed by atoms with Gasteiger partial charge in [0, 0.05) is 35.6 Å². The number of hydrogen-bond acceptors (Lipinski definition) is 4. The second-order valence-electron chi connectivity index (χ2n) is 5.73. The highest BCUT2D eigenvalue weighted by atomic mass is 16.5.